The molecule has 0 N–H and O–H groups in total. The summed E-state index contributed by atoms with van der Waals surface area (Å²) in [6, 6.07) is 5.35. The van der Waals surface area contributed by atoms with Gasteiger partial charge in [0.05, 0.1) is 6.54 Å². The molecule has 108 valence electrons. The van der Waals surface area contributed by atoms with E-state index >= 15 is 0 Å². The van der Waals surface area contributed by atoms with Crippen LogP contribution >= 0.6 is 0 Å². The summed E-state index contributed by atoms with van der Waals surface area (Å²) in [5.74, 6) is -0.622. The maximum Gasteiger partial charge on any atom is 0.433 e. The van der Waals surface area contributed by atoms with Crippen molar-refractivity contribution >= 4 is 11.2 Å². The lowest BCUT2D eigenvalue weighted by Gasteiger charge is -2.06. The predicted octanol–water partition coefficient (Wildman–Crippen LogP) is 2.45. The minimum atomic E-state index is -4.49. The first-order valence-electron chi connectivity index (χ1n) is 5.91. The Labute approximate surface area is 115 Å². The van der Waals surface area contributed by atoms with Crippen LogP contribution in [0.15, 0.2) is 45.9 Å². The maximum absolute atomic E-state index is 12.4. The molecule has 0 aliphatic rings. The fourth-order valence-electron chi connectivity index (χ4n) is 1.91. The number of rotatable bonds is 2. The van der Waals surface area contributed by atoms with E-state index in [1.54, 1.807) is 12.1 Å². The monoisotopic (exact) mass is 295 g/mol. The summed E-state index contributed by atoms with van der Waals surface area (Å²) in [6.07, 6.45) is -1.91. The molecular formula is C13H8F3N3O2. The Morgan fingerprint density at radius 3 is 2.67 bits per heavy atom. The van der Waals surface area contributed by atoms with E-state index < -0.39 is 17.6 Å². The van der Waals surface area contributed by atoms with E-state index in [2.05, 4.69) is 9.97 Å². The van der Waals surface area contributed by atoms with Crippen molar-refractivity contribution in [3.63, 3.8) is 0 Å². The highest BCUT2D eigenvalue weighted by Crippen LogP contribution is 2.27. The van der Waals surface area contributed by atoms with Crippen LogP contribution in [0.5, 0.6) is 0 Å². The Kier molecular flexibility index (Phi) is 3.00. The van der Waals surface area contributed by atoms with Crippen molar-refractivity contribution in [2.24, 2.45) is 0 Å². The summed E-state index contributed by atoms with van der Waals surface area (Å²) in [6.45, 7) is 0.0357. The van der Waals surface area contributed by atoms with E-state index in [-0.39, 0.29) is 6.54 Å². The molecule has 0 fully saturated rings. The number of nitrogens with zero attached hydrogens (tertiary/aromatic N) is 3. The molecular weight excluding hydrogens is 287 g/mol. The van der Waals surface area contributed by atoms with E-state index in [1.807, 2.05) is 0 Å². The Hall–Kier alpha value is -2.64. The van der Waals surface area contributed by atoms with Gasteiger partial charge in [-0.2, -0.15) is 13.2 Å². The molecule has 0 unspecified atom stereocenters. The van der Waals surface area contributed by atoms with Gasteiger partial charge in [0, 0.05) is 12.4 Å². The number of alkyl halides is 3. The minimum Gasteiger partial charge on any atom is -0.406 e. The summed E-state index contributed by atoms with van der Waals surface area (Å²) in [5.41, 5.74) is 0.122. The van der Waals surface area contributed by atoms with Crippen molar-refractivity contribution in [1.29, 1.82) is 0 Å². The van der Waals surface area contributed by atoms with Gasteiger partial charge in [0.25, 0.3) is 0 Å². The molecule has 0 saturated heterocycles. The number of hydrogen-bond acceptors (Lipinski definition) is 4. The van der Waals surface area contributed by atoms with Crippen LogP contribution in [0.4, 0.5) is 13.2 Å². The highest BCUT2D eigenvalue weighted by molar-refractivity contribution is 5.67. The van der Waals surface area contributed by atoms with Gasteiger partial charge in [-0.1, -0.05) is 6.07 Å². The normalized spacial score (nSPS) is 12.0. The Morgan fingerprint density at radius 2 is 2.00 bits per heavy atom. The van der Waals surface area contributed by atoms with Crippen LogP contribution in [-0.4, -0.2) is 14.5 Å². The molecule has 0 atom stereocenters. The summed E-state index contributed by atoms with van der Waals surface area (Å²) in [5, 5.41) is 0. The summed E-state index contributed by atoms with van der Waals surface area (Å²) in [4.78, 5) is 19.1. The number of hydrogen-bond donors (Lipinski definition) is 0. The van der Waals surface area contributed by atoms with E-state index in [0.717, 1.165) is 12.3 Å². The fourth-order valence-corrected chi connectivity index (χ4v) is 1.91. The van der Waals surface area contributed by atoms with Gasteiger partial charge < -0.3 is 4.42 Å². The third kappa shape index (κ3) is 2.51. The molecule has 21 heavy (non-hydrogen) atoms. The number of pyridine rings is 2. The van der Waals surface area contributed by atoms with E-state index in [0.29, 0.717) is 16.8 Å². The zero-order valence-corrected chi connectivity index (χ0v) is 10.5. The largest absolute Gasteiger partial charge is 0.433 e. The van der Waals surface area contributed by atoms with Gasteiger partial charge in [0.2, 0.25) is 0 Å². The molecule has 5 nitrogen and oxygen atoms in total. The first kappa shape index (κ1) is 13.3. The SMILES string of the molecule is O=c1oc2cccnc2n1Cc1ccc(C(F)(F)F)nc1. The highest BCUT2D eigenvalue weighted by atomic mass is 19.4. The lowest BCUT2D eigenvalue weighted by molar-refractivity contribution is -0.141. The lowest BCUT2D eigenvalue weighted by atomic mass is 10.2. The topological polar surface area (TPSA) is 60.9 Å². The van der Waals surface area contributed by atoms with E-state index in [9.17, 15) is 18.0 Å². The van der Waals surface area contributed by atoms with E-state index in [4.69, 9.17) is 4.42 Å². The zero-order valence-electron chi connectivity index (χ0n) is 10.5. The molecule has 0 radical (unpaired) electrons. The summed E-state index contributed by atoms with van der Waals surface area (Å²) in [7, 11) is 0. The van der Waals surface area contributed by atoms with Gasteiger partial charge in [-0.3, -0.25) is 9.55 Å². The number of halogens is 3. The molecule has 0 saturated carbocycles. The predicted molar refractivity (Wildman–Crippen MR) is 66.6 cm³/mol. The second-order valence-electron chi connectivity index (χ2n) is 4.33. The molecule has 0 aliphatic heterocycles. The molecule has 0 spiro atoms. The molecule has 0 bridgehead atoms. The Balaban J connectivity index is 1.96. The molecule has 0 aromatic carbocycles. The molecule has 0 amide bonds. The summed E-state index contributed by atoms with van der Waals surface area (Å²) >= 11 is 0. The van der Waals surface area contributed by atoms with Crippen LogP contribution in [0.2, 0.25) is 0 Å². The Morgan fingerprint density at radius 1 is 1.19 bits per heavy atom. The van der Waals surface area contributed by atoms with Crippen LogP contribution < -0.4 is 5.76 Å². The van der Waals surface area contributed by atoms with Gasteiger partial charge >= 0.3 is 11.9 Å². The van der Waals surface area contributed by atoms with Gasteiger partial charge in [-0.05, 0) is 23.8 Å². The van der Waals surface area contributed by atoms with Crippen molar-refractivity contribution < 1.29 is 17.6 Å². The summed E-state index contributed by atoms with van der Waals surface area (Å²) < 4.78 is 43.5. The Bertz CT molecular complexity index is 834. The highest BCUT2D eigenvalue weighted by Gasteiger charge is 2.32. The standard InChI is InChI=1S/C13H8F3N3O2/c14-13(15,16)10-4-3-8(6-18-10)7-19-11-9(21-12(19)20)2-1-5-17-11/h1-6H,7H2. The van der Waals surface area contributed by atoms with Crippen LogP contribution in [0.1, 0.15) is 11.3 Å². The smallest absolute Gasteiger partial charge is 0.406 e. The second-order valence-corrected chi connectivity index (χ2v) is 4.33. The minimum absolute atomic E-state index is 0.0357. The number of fused-ring (bicyclic) bond motifs is 1. The second kappa shape index (κ2) is 4.72. The van der Waals surface area contributed by atoms with Gasteiger partial charge in [0.1, 0.15) is 5.69 Å². The number of oxazole rings is 1. The van der Waals surface area contributed by atoms with Gasteiger partial charge in [-0.15, -0.1) is 0 Å². The maximum atomic E-state index is 12.4. The first-order chi connectivity index (χ1) is 9.95. The van der Waals surface area contributed by atoms with Crippen molar-refractivity contribution in [2.45, 2.75) is 12.7 Å². The molecule has 3 aromatic rings. The molecule has 0 aliphatic carbocycles. The van der Waals surface area contributed by atoms with Crippen molar-refractivity contribution in [2.75, 3.05) is 0 Å². The van der Waals surface area contributed by atoms with Gasteiger partial charge in [0.15, 0.2) is 11.2 Å². The lowest BCUT2D eigenvalue weighted by Crippen LogP contribution is -2.16. The third-order valence-corrected chi connectivity index (χ3v) is 2.88. The fraction of sp³-hybridized carbons (Fsp3) is 0.154. The number of aromatic nitrogens is 3. The average molecular weight is 295 g/mol. The zero-order chi connectivity index (χ0) is 15.0. The van der Waals surface area contributed by atoms with Gasteiger partial charge in [-0.25, -0.2) is 9.78 Å². The first-order valence-corrected chi connectivity index (χ1v) is 5.91. The molecule has 3 rings (SSSR count). The van der Waals surface area contributed by atoms with Crippen LogP contribution in [0.3, 0.4) is 0 Å². The average Bonchev–Trinajstić information content (AvgIpc) is 2.75. The van der Waals surface area contributed by atoms with Crippen molar-refractivity contribution in [1.82, 2.24) is 14.5 Å². The van der Waals surface area contributed by atoms with Crippen molar-refractivity contribution in [3.05, 3.63) is 58.5 Å². The quantitative estimate of drug-likeness (QED) is 0.728. The molecule has 8 heteroatoms. The van der Waals surface area contributed by atoms with Crippen LogP contribution in [0, 0.1) is 0 Å². The van der Waals surface area contributed by atoms with Crippen LogP contribution in [-0.2, 0) is 12.7 Å². The van der Waals surface area contributed by atoms with Crippen molar-refractivity contribution in [3.8, 4) is 0 Å². The molecule has 3 heterocycles. The van der Waals surface area contributed by atoms with Crippen LogP contribution in [0.25, 0.3) is 11.2 Å². The third-order valence-electron chi connectivity index (χ3n) is 2.88. The molecule has 3 aromatic heterocycles. The van der Waals surface area contributed by atoms with E-state index in [1.165, 1.54) is 16.8 Å².